The maximum atomic E-state index is 12.2. The van der Waals surface area contributed by atoms with Gasteiger partial charge in [0.25, 0.3) is 11.7 Å². The molecule has 0 saturated heterocycles. The number of nitrogens with one attached hydrogen (secondary N) is 1. The fraction of sp³-hybridized carbons (Fsp3) is 0.0625. The van der Waals surface area contributed by atoms with Crippen molar-refractivity contribution >= 4 is 23.4 Å². The molecule has 5 heteroatoms. The minimum atomic E-state index is -2.48. The van der Waals surface area contributed by atoms with Gasteiger partial charge in [0.15, 0.2) is 0 Å². The van der Waals surface area contributed by atoms with E-state index in [1.807, 2.05) is 0 Å². The number of anilines is 1. The number of terminal acetylenes is 1. The molecule has 0 radical (unpaired) electrons. The first-order valence-corrected chi connectivity index (χ1v) is 6.89. The van der Waals surface area contributed by atoms with Crippen molar-refractivity contribution in [1.82, 2.24) is 0 Å². The van der Waals surface area contributed by atoms with E-state index in [2.05, 4.69) is 11.2 Å². The molecule has 2 nitrogen and oxygen atoms in total. The van der Waals surface area contributed by atoms with Gasteiger partial charge in [-0.1, -0.05) is 23.7 Å². The molecule has 0 heterocycles. The second kappa shape index (κ2) is 6.91. The summed E-state index contributed by atoms with van der Waals surface area (Å²) in [5, 5.41) is 2.70. The number of hydrogen-bond acceptors (Lipinski definition) is 2. The van der Waals surface area contributed by atoms with Gasteiger partial charge in [-0.15, -0.1) is 6.42 Å². The zero-order valence-electron chi connectivity index (χ0n) is 10.8. The third-order valence-electron chi connectivity index (χ3n) is 2.63. The van der Waals surface area contributed by atoms with Crippen molar-refractivity contribution in [2.45, 2.75) is 10.7 Å². The van der Waals surface area contributed by atoms with Crippen LogP contribution in [0.25, 0.3) is 0 Å². The molecular weight excluding hydrogens is 292 g/mol. The number of hydrogen-bond donors (Lipinski definition) is 1. The Balaban J connectivity index is 2.08. The molecule has 0 bridgehead atoms. The monoisotopic (exact) mass is 303 g/mol. The Morgan fingerprint density at radius 2 is 1.90 bits per heavy atom. The van der Waals surface area contributed by atoms with Crippen LogP contribution in [0, 0.1) is 12.3 Å². The zero-order chi connectivity index (χ0) is 15.2. The number of rotatable bonds is 4. The standard InChI is InChI=1S/C16H11F2NOS/c1-2-11-4-3-5-13(10-11)19-15(20)12-6-8-14(9-7-12)21-16(17)18/h1,3-10,16H,(H,19,20). The van der Waals surface area contributed by atoms with Crippen LogP contribution >= 0.6 is 11.8 Å². The van der Waals surface area contributed by atoms with Crippen LogP contribution in [0.15, 0.2) is 53.4 Å². The summed E-state index contributed by atoms with van der Waals surface area (Å²) in [4.78, 5) is 12.4. The molecule has 2 rings (SSSR count). The number of alkyl halides is 2. The molecule has 0 atom stereocenters. The second-order valence-electron chi connectivity index (χ2n) is 4.08. The van der Waals surface area contributed by atoms with E-state index in [-0.39, 0.29) is 5.91 Å². The Kier molecular flexibility index (Phi) is 4.96. The summed E-state index contributed by atoms with van der Waals surface area (Å²) in [6.45, 7) is 0. The molecule has 2 aromatic rings. The van der Waals surface area contributed by atoms with Crippen LogP contribution in [0.3, 0.4) is 0 Å². The molecule has 0 aromatic heterocycles. The second-order valence-corrected chi connectivity index (χ2v) is 5.15. The van der Waals surface area contributed by atoms with Crippen LogP contribution in [-0.4, -0.2) is 11.7 Å². The molecular formula is C16H11F2NOS. The fourth-order valence-electron chi connectivity index (χ4n) is 1.68. The lowest BCUT2D eigenvalue weighted by Crippen LogP contribution is -2.11. The molecule has 0 spiro atoms. The highest BCUT2D eigenvalue weighted by molar-refractivity contribution is 7.99. The van der Waals surface area contributed by atoms with Gasteiger partial charge < -0.3 is 5.32 Å². The average Bonchev–Trinajstić information content (AvgIpc) is 2.47. The summed E-state index contributed by atoms with van der Waals surface area (Å²) in [5.74, 6) is -0.316. The lowest BCUT2D eigenvalue weighted by atomic mass is 10.2. The molecule has 0 aliphatic carbocycles. The fourth-order valence-corrected chi connectivity index (χ4v) is 2.18. The molecule has 0 unspecified atom stereocenters. The smallest absolute Gasteiger partial charge is 0.288 e. The Hall–Kier alpha value is -2.32. The van der Waals surface area contributed by atoms with E-state index in [4.69, 9.17) is 6.42 Å². The highest BCUT2D eigenvalue weighted by Crippen LogP contribution is 2.25. The minimum absolute atomic E-state index is 0.322. The van der Waals surface area contributed by atoms with Gasteiger partial charge >= 0.3 is 0 Å². The molecule has 0 aliphatic heterocycles. The van der Waals surface area contributed by atoms with Gasteiger partial charge in [-0.3, -0.25) is 4.79 Å². The van der Waals surface area contributed by atoms with Gasteiger partial charge in [-0.05, 0) is 42.5 Å². The van der Waals surface area contributed by atoms with Crippen molar-refractivity contribution in [3.8, 4) is 12.3 Å². The first-order chi connectivity index (χ1) is 10.1. The van der Waals surface area contributed by atoms with E-state index in [1.54, 1.807) is 24.3 Å². The van der Waals surface area contributed by atoms with Crippen LogP contribution in [-0.2, 0) is 0 Å². The van der Waals surface area contributed by atoms with Crippen molar-refractivity contribution in [2.75, 3.05) is 5.32 Å². The predicted molar refractivity (Wildman–Crippen MR) is 80.6 cm³/mol. The molecule has 0 aliphatic rings. The molecule has 1 N–H and O–H groups in total. The zero-order valence-corrected chi connectivity index (χ0v) is 11.7. The van der Waals surface area contributed by atoms with E-state index < -0.39 is 5.76 Å². The van der Waals surface area contributed by atoms with Crippen LogP contribution in [0.2, 0.25) is 0 Å². The van der Waals surface area contributed by atoms with Crippen LogP contribution in [0.4, 0.5) is 14.5 Å². The summed E-state index contributed by atoms with van der Waals surface area (Å²) >= 11 is 0.441. The maximum Gasteiger partial charge on any atom is 0.288 e. The van der Waals surface area contributed by atoms with Crippen molar-refractivity contribution in [3.05, 3.63) is 59.7 Å². The van der Waals surface area contributed by atoms with E-state index in [1.165, 1.54) is 24.3 Å². The quantitative estimate of drug-likeness (QED) is 0.676. The van der Waals surface area contributed by atoms with Crippen LogP contribution < -0.4 is 5.32 Å². The number of halogens is 2. The third-order valence-corrected chi connectivity index (χ3v) is 3.35. The normalized spacial score (nSPS) is 10.2. The number of thioether (sulfide) groups is 1. The molecule has 21 heavy (non-hydrogen) atoms. The van der Waals surface area contributed by atoms with Crippen molar-refractivity contribution in [3.63, 3.8) is 0 Å². The topological polar surface area (TPSA) is 29.1 Å². The molecule has 0 fully saturated rings. The van der Waals surface area contributed by atoms with E-state index in [0.29, 0.717) is 33.5 Å². The average molecular weight is 303 g/mol. The van der Waals surface area contributed by atoms with E-state index in [9.17, 15) is 13.6 Å². The first-order valence-electron chi connectivity index (χ1n) is 6.01. The molecule has 0 saturated carbocycles. The number of carbonyl (C=O) groups is 1. The lowest BCUT2D eigenvalue weighted by Gasteiger charge is -2.06. The summed E-state index contributed by atoms with van der Waals surface area (Å²) in [6.07, 6.45) is 5.29. The first kappa shape index (κ1) is 15.1. The number of benzene rings is 2. The Morgan fingerprint density at radius 1 is 1.19 bits per heavy atom. The predicted octanol–water partition coefficient (Wildman–Crippen LogP) is 4.23. The third kappa shape index (κ3) is 4.33. The van der Waals surface area contributed by atoms with Gasteiger partial charge in [-0.25, -0.2) is 0 Å². The maximum absolute atomic E-state index is 12.2. The molecule has 106 valence electrons. The SMILES string of the molecule is C#Cc1cccc(NC(=O)c2ccc(SC(F)F)cc2)c1. The Morgan fingerprint density at radius 3 is 2.52 bits per heavy atom. The van der Waals surface area contributed by atoms with E-state index >= 15 is 0 Å². The highest BCUT2D eigenvalue weighted by atomic mass is 32.2. The largest absolute Gasteiger partial charge is 0.322 e. The lowest BCUT2D eigenvalue weighted by molar-refractivity contribution is 0.102. The van der Waals surface area contributed by atoms with Crippen molar-refractivity contribution < 1.29 is 13.6 Å². The Labute approximate surface area is 125 Å². The van der Waals surface area contributed by atoms with Gasteiger partial charge in [0.1, 0.15) is 0 Å². The number of amides is 1. The van der Waals surface area contributed by atoms with Gasteiger partial charge in [0.05, 0.1) is 0 Å². The van der Waals surface area contributed by atoms with E-state index in [0.717, 1.165) is 0 Å². The molecule has 1 amide bonds. The summed E-state index contributed by atoms with van der Waals surface area (Å²) in [7, 11) is 0. The Bertz CT molecular complexity index is 677. The summed E-state index contributed by atoms with van der Waals surface area (Å²) < 4.78 is 24.4. The van der Waals surface area contributed by atoms with Crippen LogP contribution in [0.1, 0.15) is 15.9 Å². The van der Waals surface area contributed by atoms with Gasteiger partial charge in [0, 0.05) is 21.7 Å². The summed E-state index contributed by atoms with van der Waals surface area (Å²) in [6, 6.07) is 12.9. The molecule has 2 aromatic carbocycles. The highest BCUT2D eigenvalue weighted by Gasteiger charge is 2.08. The van der Waals surface area contributed by atoms with Crippen molar-refractivity contribution in [2.24, 2.45) is 0 Å². The number of carbonyl (C=O) groups excluding carboxylic acids is 1. The summed E-state index contributed by atoms with van der Waals surface area (Å²) in [5.41, 5.74) is 1.64. The van der Waals surface area contributed by atoms with Crippen molar-refractivity contribution in [1.29, 1.82) is 0 Å². The van der Waals surface area contributed by atoms with Gasteiger partial charge in [-0.2, -0.15) is 8.78 Å². The minimum Gasteiger partial charge on any atom is -0.322 e. The van der Waals surface area contributed by atoms with Crippen LogP contribution in [0.5, 0.6) is 0 Å². The van der Waals surface area contributed by atoms with Gasteiger partial charge in [0.2, 0.25) is 0 Å².